The maximum Gasteiger partial charge on any atom is 0.209 e. The molecular formula is C14H20N+. The van der Waals surface area contributed by atoms with Gasteiger partial charge in [0.25, 0.3) is 0 Å². The highest BCUT2D eigenvalue weighted by molar-refractivity contribution is 5.93. The van der Waals surface area contributed by atoms with Gasteiger partial charge in [0.2, 0.25) is 5.69 Å². The van der Waals surface area contributed by atoms with Gasteiger partial charge in [-0.2, -0.15) is 4.58 Å². The quantitative estimate of drug-likeness (QED) is 0.613. The van der Waals surface area contributed by atoms with E-state index in [2.05, 4.69) is 63.5 Å². The van der Waals surface area contributed by atoms with Crippen molar-refractivity contribution in [3.8, 4) is 0 Å². The van der Waals surface area contributed by atoms with Gasteiger partial charge in [-0.1, -0.05) is 18.2 Å². The van der Waals surface area contributed by atoms with Crippen LogP contribution in [0.5, 0.6) is 0 Å². The number of benzene rings is 1. The highest BCUT2D eigenvalue weighted by Gasteiger charge is 2.43. The van der Waals surface area contributed by atoms with Crippen molar-refractivity contribution in [2.75, 3.05) is 0 Å². The zero-order valence-corrected chi connectivity index (χ0v) is 10.3. The maximum atomic E-state index is 2.45. The highest BCUT2D eigenvalue weighted by Crippen LogP contribution is 2.39. The number of para-hydroxylation sites is 1. The predicted octanol–water partition coefficient (Wildman–Crippen LogP) is 3.49. The first kappa shape index (κ1) is 10.4. The highest BCUT2D eigenvalue weighted by atomic mass is 15.1. The van der Waals surface area contributed by atoms with E-state index in [1.807, 2.05) is 0 Å². The molecule has 0 bridgehead atoms. The summed E-state index contributed by atoms with van der Waals surface area (Å²) in [4.78, 5) is 0. The van der Waals surface area contributed by atoms with Crippen molar-refractivity contribution in [2.45, 2.75) is 46.1 Å². The Kier molecular flexibility index (Phi) is 2.22. The monoisotopic (exact) mass is 202 g/mol. The fourth-order valence-corrected chi connectivity index (χ4v) is 2.55. The van der Waals surface area contributed by atoms with Crippen LogP contribution in [0.4, 0.5) is 5.69 Å². The van der Waals surface area contributed by atoms with E-state index in [1.165, 1.54) is 17.0 Å². The lowest BCUT2D eigenvalue weighted by Crippen LogP contribution is -2.28. The molecule has 1 aliphatic heterocycles. The summed E-state index contributed by atoms with van der Waals surface area (Å²) in [5.41, 5.74) is 4.48. The van der Waals surface area contributed by atoms with Crippen LogP contribution in [0.25, 0.3) is 0 Å². The number of hydrogen-bond acceptors (Lipinski definition) is 0. The Labute approximate surface area is 92.5 Å². The lowest BCUT2D eigenvalue weighted by Gasteiger charge is -2.14. The fraction of sp³-hybridized carbons (Fsp3) is 0.500. The molecule has 0 unspecified atom stereocenters. The first-order chi connectivity index (χ1) is 6.96. The van der Waals surface area contributed by atoms with Gasteiger partial charge >= 0.3 is 0 Å². The second kappa shape index (κ2) is 3.19. The molecule has 0 fully saturated rings. The van der Waals surface area contributed by atoms with Gasteiger partial charge in [-0.25, -0.2) is 0 Å². The second-order valence-electron chi connectivity index (χ2n) is 5.19. The molecule has 15 heavy (non-hydrogen) atoms. The van der Waals surface area contributed by atoms with E-state index in [9.17, 15) is 0 Å². The molecule has 0 N–H and O–H groups in total. The average molecular weight is 202 g/mol. The first-order valence-electron chi connectivity index (χ1n) is 5.69. The number of nitrogens with zero attached hydrogens (tertiary/aromatic N) is 1. The van der Waals surface area contributed by atoms with Gasteiger partial charge in [-0.15, -0.1) is 0 Å². The van der Waals surface area contributed by atoms with Crippen LogP contribution >= 0.6 is 0 Å². The number of hydrogen-bond donors (Lipinski definition) is 0. The van der Waals surface area contributed by atoms with E-state index in [0.717, 1.165) is 0 Å². The summed E-state index contributed by atoms with van der Waals surface area (Å²) in [5, 5.41) is 0. The molecule has 0 aromatic heterocycles. The van der Waals surface area contributed by atoms with Crippen LogP contribution in [0.1, 0.15) is 40.2 Å². The van der Waals surface area contributed by atoms with E-state index in [1.54, 1.807) is 0 Å². The number of rotatable bonds is 1. The van der Waals surface area contributed by atoms with Crippen LogP contribution < -0.4 is 0 Å². The summed E-state index contributed by atoms with van der Waals surface area (Å²) in [6.45, 7) is 11.4. The van der Waals surface area contributed by atoms with Crippen molar-refractivity contribution >= 4 is 11.4 Å². The van der Waals surface area contributed by atoms with Crippen LogP contribution in [-0.2, 0) is 5.41 Å². The Morgan fingerprint density at radius 1 is 1.13 bits per heavy atom. The molecule has 0 radical (unpaired) electrons. The van der Waals surface area contributed by atoms with Crippen molar-refractivity contribution in [1.82, 2.24) is 0 Å². The summed E-state index contributed by atoms with van der Waals surface area (Å²) in [7, 11) is 0. The summed E-state index contributed by atoms with van der Waals surface area (Å²) in [5.74, 6) is 0. The second-order valence-corrected chi connectivity index (χ2v) is 5.19. The van der Waals surface area contributed by atoms with E-state index in [-0.39, 0.29) is 5.41 Å². The zero-order valence-electron chi connectivity index (χ0n) is 10.3. The Morgan fingerprint density at radius 2 is 1.73 bits per heavy atom. The van der Waals surface area contributed by atoms with E-state index >= 15 is 0 Å². The smallest absolute Gasteiger partial charge is 0.197 e. The third kappa shape index (κ3) is 1.33. The predicted molar refractivity (Wildman–Crippen MR) is 65.2 cm³/mol. The molecule has 1 heteroatoms. The van der Waals surface area contributed by atoms with Gasteiger partial charge < -0.3 is 0 Å². The zero-order chi connectivity index (χ0) is 11.2. The third-order valence-corrected chi connectivity index (χ3v) is 3.62. The van der Waals surface area contributed by atoms with Crippen molar-refractivity contribution in [2.24, 2.45) is 0 Å². The molecule has 1 aromatic rings. The molecule has 1 heterocycles. The molecular weight excluding hydrogens is 182 g/mol. The Balaban J connectivity index is 2.71. The molecule has 0 saturated carbocycles. The molecule has 0 atom stereocenters. The molecule has 1 aliphatic rings. The molecule has 0 spiro atoms. The molecule has 0 saturated heterocycles. The summed E-state index contributed by atoms with van der Waals surface area (Å²) in [6.07, 6.45) is 0. The van der Waals surface area contributed by atoms with Crippen molar-refractivity contribution in [3.63, 3.8) is 0 Å². The van der Waals surface area contributed by atoms with E-state index in [4.69, 9.17) is 0 Å². The lowest BCUT2D eigenvalue weighted by atomic mass is 9.82. The SMILES string of the molecule is CC1=[N+](C(C)C)c2ccccc2C1(C)C. The minimum atomic E-state index is 0.181. The van der Waals surface area contributed by atoms with Gasteiger partial charge in [-0.3, -0.25) is 0 Å². The molecule has 1 nitrogen and oxygen atoms in total. The van der Waals surface area contributed by atoms with Crippen LogP contribution in [0, 0.1) is 0 Å². The van der Waals surface area contributed by atoms with Gasteiger partial charge in [0.05, 0.1) is 5.41 Å². The normalized spacial score (nSPS) is 18.5. The average Bonchev–Trinajstić information content (AvgIpc) is 2.36. The first-order valence-corrected chi connectivity index (χ1v) is 5.69. The molecule has 1 aromatic carbocycles. The van der Waals surface area contributed by atoms with Crippen molar-refractivity contribution in [1.29, 1.82) is 0 Å². The lowest BCUT2D eigenvalue weighted by molar-refractivity contribution is -0.474. The molecule has 0 aliphatic carbocycles. The van der Waals surface area contributed by atoms with Gasteiger partial charge in [0.1, 0.15) is 0 Å². The molecule has 0 amide bonds. The Bertz CT molecular complexity index is 425. The van der Waals surface area contributed by atoms with E-state index in [0.29, 0.717) is 6.04 Å². The summed E-state index contributed by atoms with van der Waals surface area (Å²) < 4.78 is 2.45. The summed E-state index contributed by atoms with van der Waals surface area (Å²) >= 11 is 0. The van der Waals surface area contributed by atoms with E-state index < -0.39 is 0 Å². The van der Waals surface area contributed by atoms with Crippen molar-refractivity contribution < 1.29 is 4.58 Å². The van der Waals surface area contributed by atoms with Gasteiger partial charge in [-0.05, 0) is 27.7 Å². The largest absolute Gasteiger partial charge is 0.209 e. The van der Waals surface area contributed by atoms with Crippen molar-refractivity contribution in [3.05, 3.63) is 29.8 Å². The van der Waals surface area contributed by atoms with Crippen LogP contribution in [-0.4, -0.2) is 16.3 Å². The topological polar surface area (TPSA) is 3.01 Å². The maximum absolute atomic E-state index is 2.45. The summed E-state index contributed by atoms with van der Waals surface area (Å²) in [6, 6.07) is 9.28. The molecule has 2 rings (SSSR count). The molecule has 80 valence electrons. The minimum Gasteiger partial charge on any atom is -0.197 e. The van der Waals surface area contributed by atoms with Gasteiger partial charge in [0.15, 0.2) is 11.8 Å². The van der Waals surface area contributed by atoms with Gasteiger partial charge in [0, 0.05) is 18.6 Å². The Morgan fingerprint density at radius 3 is 2.33 bits per heavy atom. The van der Waals surface area contributed by atoms with Crippen LogP contribution in [0.3, 0.4) is 0 Å². The third-order valence-electron chi connectivity index (χ3n) is 3.62. The minimum absolute atomic E-state index is 0.181. The fourth-order valence-electron chi connectivity index (χ4n) is 2.55. The standard InChI is InChI=1S/C14H20N/c1-10(2)15-11(3)14(4,5)12-8-6-7-9-13(12)15/h6-10H,1-5H3/q+1. The van der Waals surface area contributed by atoms with Crippen LogP contribution in [0.2, 0.25) is 0 Å². The Hall–Kier alpha value is -1.11. The van der Waals surface area contributed by atoms with Crippen LogP contribution in [0.15, 0.2) is 24.3 Å². The number of fused-ring (bicyclic) bond motifs is 1.